The number of fused-ring (bicyclic) bond motifs is 1. The molecule has 4 nitrogen and oxygen atoms in total. The highest BCUT2D eigenvalue weighted by Gasteiger charge is 2.30. The Hall–Kier alpha value is -4.27. The van der Waals surface area contributed by atoms with Gasteiger partial charge in [-0.25, -0.2) is 8.78 Å². The summed E-state index contributed by atoms with van der Waals surface area (Å²) in [6.45, 7) is 1.55. The molecular formula is C27H18F5N3O. The Morgan fingerprint density at radius 1 is 0.861 bits per heavy atom. The van der Waals surface area contributed by atoms with Gasteiger partial charge in [-0.2, -0.15) is 22.8 Å². The highest BCUT2D eigenvalue weighted by molar-refractivity contribution is 5.92. The summed E-state index contributed by atoms with van der Waals surface area (Å²) < 4.78 is 70.8. The van der Waals surface area contributed by atoms with Crippen molar-refractivity contribution in [3.63, 3.8) is 0 Å². The van der Waals surface area contributed by atoms with Crippen molar-refractivity contribution in [1.29, 1.82) is 0 Å². The zero-order chi connectivity index (χ0) is 25.8. The lowest BCUT2D eigenvalue weighted by molar-refractivity contribution is -0.137. The maximum Gasteiger partial charge on any atom is 0.416 e. The van der Waals surface area contributed by atoms with E-state index in [9.17, 15) is 22.4 Å². The molecule has 0 aliphatic rings. The number of halogens is 5. The van der Waals surface area contributed by atoms with E-state index >= 15 is 4.39 Å². The lowest BCUT2D eigenvalue weighted by atomic mass is 10.00. The molecule has 0 N–H and O–H groups in total. The number of hydrogen-bond acceptors (Lipinski definition) is 2. The molecule has 0 unspecified atom stereocenters. The van der Waals surface area contributed by atoms with Gasteiger partial charge in [-0.05, 0) is 36.8 Å². The summed E-state index contributed by atoms with van der Waals surface area (Å²) in [7, 11) is 1.62. The summed E-state index contributed by atoms with van der Waals surface area (Å²) >= 11 is 0. The third-order valence-corrected chi connectivity index (χ3v) is 6.12. The normalized spacial score (nSPS) is 11.9. The topological polar surface area (TPSA) is 39.3 Å². The molecule has 3 aromatic carbocycles. The number of rotatable bonds is 3. The summed E-state index contributed by atoms with van der Waals surface area (Å²) in [5.41, 5.74) is 1.05. The highest BCUT2D eigenvalue weighted by Crippen LogP contribution is 2.38. The lowest BCUT2D eigenvalue weighted by Crippen LogP contribution is -2.22. The van der Waals surface area contributed by atoms with E-state index in [2.05, 4.69) is 5.10 Å². The zero-order valence-corrected chi connectivity index (χ0v) is 19.1. The van der Waals surface area contributed by atoms with Gasteiger partial charge in [0.25, 0.3) is 5.56 Å². The third-order valence-electron chi connectivity index (χ3n) is 6.12. The van der Waals surface area contributed by atoms with Crippen molar-refractivity contribution < 1.29 is 22.0 Å². The van der Waals surface area contributed by atoms with Crippen molar-refractivity contribution in [2.75, 3.05) is 0 Å². The van der Waals surface area contributed by atoms with E-state index in [0.717, 1.165) is 28.8 Å². The van der Waals surface area contributed by atoms with Gasteiger partial charge >= 0.3 is 6.18 Å². The van der Waals surface area contributed by atoms with Crippen molar-refractivity contribution in [3.8, 4) is 33.6 Å². The van der Waals surface area contributed by atoms with E-state index in [1.165, 1.54) is 18.2 Å². The average Bonchev–Trinajstić information content (AvgIpc) is 3.24. The maximum absolute atomic E-state index is 15.1. The fourth-order valence-electron chi connectivity index (χ4n) is 4.44. The van der Waals surface area contributed by atoms with Crippen LogP contribution in [0.25, 0.3) is 39.3 Å². The Labute approximate surface area is 201 Å². The van der Waals surface area contributed by atoms with Crippen LogP contribution in [-0.4, -0.2) is 14.2 Å². The van der Waals surface area contributed by atoms with Crippen LogP contribution in [0.3, 0.4) is 0 Å². The molecular weight excluding hydrogens is 477 g/mol. The molecule has 0 aliphatic heterocycles. The summed E-state index contributed by atoms with van der Waals surface area (Å²) in [5.74, 6) is -1.60. The third kappa shape index (κ3) is 3.77. The fraction of sp³-hybridized carbons (Fsp3) is 0.111. The number of nitrogens with zero attached hydrogens (tertiary/aromatic N) is 3. The second kappa shape index (κ2) is 8.44. The first-order valence-electron chi connectivity index (χ1n) is 10.9. The first-order valence-corrected chi connectivity index (χ1v) is 10.9. The van der Waals surface area contributed by atoms with Crippen LogP contribution in [-0.2, 0) is 13.2 Å². The molecule has 0 aliphatic carbocycles. The predicted octanol–water partition coefficient (Wildman–Crippen LogP) is 6.64. The summed E-state index contributed by atoms with van der Waals surface area (Å²) in [5, 5.41) is 4.50. The molecule has 0 saturated carbocycles. The van der Waals surface area contributed by atoms with Crippen LogP contribution in [0.5, 0.6) is 0 Å². The highest BCUT2D eigenvalue weighted by atomic mass is 19.4. The SMILES string of the molecule is Cc1c(-c2ccc(C(F)(F)F)cc2)n(C)c2c(-c3ccc(F)cc3F)c(-c3ccccc3)nn2c1=O. The lowest BCUT2D eigenvalue weighted by Gasteiger charge is -2.16. The van der Waals surface area contributed by atoms with Gasteiger partial charge in [0.05, 0.1) is 16.8 Å². The molecule has 0 radical (unpaired) electrons. The minimum atomic E-state index is -4.51. The first kappa shape index (κ1) is 23.5. The van der Waals surface area contributed by atoms with Gasteiger partial charge in [-0.1, -0.05) is 42.5 Å². The summed E-state index contributed by atoms with van der Waals surface area (Å²) in [6.07, 6.45) is -4.51. The molecule has 0 spiro atoms. The first-order chi connectivity index (χ1) is 17.1. The van der Waals surface area contributed by atoms with Gasteiger partial charge in [0.2, 0.25) is 0 Å². The van der Waals surface area contributed by atoms with Gasteiger partial charge in [0.1, 0.15) is 23.0 Å². The van der Waals surface area contributed by atoms with E-state index in [4.69, 9.17) is 0 Å². The predicted molar refractivity (Wildman–Crippen MR) is 126 cm³/mol. The maximum atomic E-state index is 15.1. The molecule has 0 bridgehead atoms. The quantitative estimate of drug-likeness (QED) is 0.263. The molecule has 182 valence electrons. The molecule has 0 fully saturated rings. The number of alkyl halides is 3. The van der Waals surface area contributed by atoms with Crippen molar-refractivity contribution in [1.82, 2.24) is 14.2 Å². The number of aromatic nitrogens is 3. The van der Waals surface area contributed by atoms with Crippen LogP contribution < -0.4 is 5.56 Å². The minimum Gasteiger partial charge on any atom is -0.328 e. The largest absolute Gasteiger partial charge is 0.416 e. The average molecular weight is 495 g/mol. The van der Waals surface area contributed by atoms with Crippen LogP contribution in [0.1, 0.15) is 11.1 Å². The Morgan fingerprint density at radius 2 is 1.53 bits per heavy atom. The Bertz CT molecular complexity index is 1670. The van der Waals surface area contributed by atoms with Gasteiger partial charge in [0, 0.05) is 29.8 Å². The summed E-state index contributed by atoms with van der Waals surface area (Å²) in [6, 6.07) is 16.4. The molecule has 2 heterocycles. The van der Waals surface area contributed by atoms with Crippen LogP contribution in [0.15, 0.2) is 77.6 Å². The molecule has 0 atom stereocenters. The number of benzene rings is 3. The monoisotopic (exact) mass is 495 g/mol. The smallest absolute Gasteiger partial charge is 0.328 e. The molecule has 0 amide bonds. The second-order valence-corrected chi connectivity index (χ2v) is 8.36. The van der Waals surface area contributed by atoms with Crippen molar-refractivity contribution in [2.24, 2.45) is 7.05 Å². The van der Waals surface area contributed by atoms with Crippen LogP contribution >= 0.6 is 0 Å². The van der Waals surface area contributed by atoms with Crippen molar-refractivity contribution >= 4 is 5.65 Å². The van der Waals surface area contributed by atoms with E-state index in [1.807, 2.05) is 0 Å². The van der Waals surface area contributed by atoms with Gasteiger partial charge in [-0.3, -0.25) is 4.79 Å². The Morgan fingerprint density at radius 3 is 2.14 bits per heavy atom. The van der Waals surface area contributed by atoms with E-state index in [-0.39, 0.29) is 22.3 Å². The molecule has 2 aromatic heterocycles. The van der Waals surface area contributed by atoms with E-state index in [0.29, 0.717) is 22.5 Å². The van der Waals surface area contributed by atoms with Gasteiger partial charge < -0.3 is 4.57 Å². The fourth-order valence-corrected chi connectivity index (χ4v) is 4.44. The number of hydrogen-bond donors (Lipinski definition) is 0. The Balaban J connectivity index is 1.88. The molecule has 0 saturated heterocycles. The molecule has 5 rings (SSSR count). The molecule has 9 heteroatoms. The van der Waals surface area contributed by atoms with Crippen molar-refractivity contribution in [3.05, 3.63) is 106 Å². The Kier molecular flexibility index (Phi) is 5.50. The van der Waals surface area contributed by atoms with Crippen LogP contribution in [0, 0.1) is 18.6 Å². The van der Waals surface area contributed by atoms with Crippen LogP contribution in [0.4, 0.5) is 22.0 Å². The summed E-state index contributed by atoms with van der Waals surface area (Å²) in [4.78, 5) is 13.4. The number of aryl methyl sites for hydroxylation is 1. The second-order valence-electron chi connectivity index (χ2n) is 8.36. The van der Waals surface area contributed by atoms with E-state index < -0.39 is 28.9 Å². The standard InChI is InChI=1S/C27H18F5N3O/c1-15-24(17-8-10-18(11-9-17)27(30,31)32)34(2)25-22(20-13-12-19(28)14-21(20)29)23(33-35(25)26(15)36)16-6-4-3-5-7-16/h3-14H,1-2H3. The molecule has 5 aromatic rings. The van der Waals surface area contributed by atoms with Crippen LogP contribution in [0.2, 0.25) is 0 Å². The van der Waals surface area contributed by atoms with E-state index in [1.54, 1.807) is 48.9 Å². The van der Waals surface area contributed by atoms with Gasteiger partial charge in [-0.15, -0.1) is 0 Å². The minimum absolute atomic E-state index is 0.0301. The zero-order valence-electron chi connectivity index (χ0n) is 19.1. The molecule has 36 heavy (non-hydrogen) atoms. The van der Waals surface area contributed by atoms with Crippen molar-refractivity contribution in [2.45, 2.75) is 13.1 Å². The van der Waals surface area contributed by atoms with Gasteiger partial charge in [0.15, 0.2) is 0 Å².